The second kappa shape index (κ2) is 5.02. The van der Waals surface area contributed by atoms with Gasteiger partial charge < -0.3 is 9.53 Å². The normalized spacial score (nSPS) is 8.93. The third kappa shape index (κ3) is 2.10. The van der Waals surface area contributed by atoms with E-state index in [0.29, 0.717) is 0 Å². The van der Waals surface area contributed by atoms with Crippen LogP contribution in [0.3, 0.4) is 0 Å². The summed E-state index contributed by atoms with van der Waals surface area (Å²) in [5, 5.41) is 2.47. The molecule has 14 heavy (non-hydrogen) atoms. The summed E-state index contributed by atoms with van der Waals surface area (Å²) < 4.78 is 5.12. The maximum Gasteiger partial charge on any atom is 0.119 e. The Bertz CT molecular complexity index is 410. The molecule has 0 N–H and O–H groups in total. The second-order valence-electron chi connectivity index (χ2n) is 2.71. The third-order valence-electron chi connectivity index (χ3n) is 1.96. The molecule has 0 aliphatic heterocycles. The summed E-state index contributed by atoms with van der Waals surface area (Å²) in [6.45, 7) is 2.00. The minimum Gasteiger partial charge on any atom is -0.497 e. The molecule has 2 aromatic rings. The molecular weight excluding hydrogens is 176 g/mol. The van der Waals surface area contributed by atoms with Crippen LogP contribution in [0.1, 0.15) is 0 Å². The molecule has 0 aromatic heterocycles. The predicted octanol–water partition coefficient (Wildman–Crippen LogP) is 2.66. The lowest BCUT2D eigenvalue weighted by atomic mass is 10.1. The van der Waals surface area contributed by atoms with Gasteiger partial charge in [0.05, 0.1) is 7.11 Å². The molecule has 0 spiro atoms. The topological polar surface area (TPSA) is 26.3 Å². The molecule has 0 aliphatic carbocycles. The molecule has 0 saturated heterocycles. The lowest BCUT2D eigenvalue weighted by molar-refractivity contribution is -0.0979. The zero-order valence-corrected chi connectivity index (χ0v) is 8.07. The van der Waals surface area contributed by atoms with E-state index in [1.54, 1.807) is 7.11 Å². The molecule has 2 rings (SSSR count). The molecule has 0 saturated carbocycles. The quantitative estimate of drug-likeness (QED) is 0.687. The molecule has 72 valence electrons. The number of methoxy groups -OCH3 is 1. The maximum absolute atomic E-state index is 8.00. The van der Waals surface area contributed by atoms with E-state index >= 15 is 0 Å². The number of fused-ring (bicyclic) bond motifs is 1. The summed E-state index contributed by atoms with van der Waals surface area (Å²) in [4.78, 5) is 8.00. The summed E-state index contributed by atoms with van der Waals surface area (Å²) in [5.74, 6) is 0.911. The standard InChI is InChI=1S/C11H10O.CH2O/c1-12-11-7-6-9-4-2-3-5-10(9)8-11;1-2/h2-8H,1H3;1H2. The van der Waals surface area contributed by atoms with Crippen LogP contribution in [-0.2, 0) is 4.79 Å². The van der Waals surface area contributed by atoms with Crippen molar-refractivity contribution < 1.29 is 9.53 Å². The molecule has 0 radical (unpaired) electrons. The fraction of sp³-hybridized carbons (Fsp3) is 0.0833. The van der Waals surface area contributed by atoms with E-state index in [4.69, 9.17) is 9.53 Å². The van der Waals surface area contributed by atoms with Gasteiger partial charge in [0.2, 0.25) is 0 Å². The SMILES string of the molecule is C=O.COc1ccc2ccccc2c1. The van der Waals surface area contributed by atoms with Crippen LogP contribution in [0, 0.1) is 0 Å². The fourth-order valence-electron chi connectivity index (χ4n) is 1.29. The fourth-order valence-corrected chi connectivity index (χ4v) is 1.29. The average molecular weight is 188 g/mol. The van der Waals surface area contributed by atoms with E-state index in [-0.39, 0.29) is 0 Å². The average Bonchev–Trinajstić information content (AvgIpc) is 2.31. The molecule has 0 unspecified atom stereocenters. The molecule has 0 atom stereocenters. The van der Waals surface area contributed by atoms with E-state index < -0.39 is 0 Å². The first-order chi connectivity index (χ1) is 6.90. The van der Waals surface area contributed by atoms with Gasteiger partial charge in [0, 0.05) is 0 Å². The van der Waals surface area contributed by atoms with E-state index in [9.17, 15) is 0 Å². The number of rotatable bonds is 1. The summed E-state index contributed by atoms with van der Waals surface area (Å²) in [7, 11) is 1.68. The van der Waals surface area contributed by atoms with Crippen LogP contribution < -0.4 is 4.74 Å². The second-order valence-corrected chi connectivity index (χ2v) is 2.71. The highest BCUT2D eigenvalue weighted by atomic mass is 16.5. The van der Waals surface area contributed by atoms with Gasteiger partial charge >= 0.3 is 0 Å². The lowest BCUT2D eigenvalue weighted by Gasteiger charge is -2.00. The van der Waals surface area contributed by atoms with Crippen molar-refractivity contribution in [2.45, 2.75) is 0 Å². The van der Waals surface area contributed by atoms with Crippen molar-refractivity contribution in [2.75, 3.05) is 7.11 Å². The Balaban J connectivity index is 0.000000461. The Kier molecular flexibility index (Phi) is 3.68. The zero-order chi connectivity index (χ0) is 10.4. The highest BCUT2D eigenvalue weighted by Gasteiger charge is 1.93. The van der Waals surface area contributed by atoms with Crippen LogP contribution in [0.2, 0.25) is 0 Å². The first kappa shape index (κ1) is 10.3. The smallest absolute Gasteiger partial charge is 0.119 e. The summed E-state index contributed by atoms with van der Waals surface area (Å²) in [6, 6.07) is 14.3. The van der Waals surface area contributed by atoms with Crippen LogP contribution in [0.15, 0.2) is 42.5 Å². The maximum atomic E-state index is 8.00. The molecular formula is C12H12O2. The first-order valence-electron chi connectivity index (χ1n) is 4.22. The van der Waals surface area contributed by atoms with Crippen LogP contribution in [0.25, 0.3) is 10.8 Å². The van der Waals surface area contributed by atoms with Gasteiger partial charge in [-0.2, -0.15) is 0 Å². The van der Waals surface area contributed by atoms with Crippen molar-refractivity contribution in [3.63, 3.8) is 0 Å². The third-order valence-corrected chi connectivity index (χ3v) is 1.96. The number of ether oxygens (including phenoxy) is 1. The van der Waals surface area contributed by atoms with Gasteiger partial charge in [-0.3, -0.25) is 0 Å². The zero-order valence-electron chi connectivity index (χ0n) is 8.07. The Morgan fingerprint density at radius 1 is 1.00 bits per heavy atom. The number of hydrogen-bond donors (Lipinski definition) is 0. The number of carbonyl (C=O) groups is 1. The van der Waals surface area contributed by atoms with Gasteiger partial charge in [0.1, 0.15) is 12.5 Å². The number of hydrogen-bond acceptors (Lipinski definition) is 2. The molecule has 0 bridgehead atoms. The van der Waals surface area contributed by atoms with E-state index in [1.165, 1.54) is 10.8 Å². The Hall–Kier alpha value is -1.83. The van der Waals surface area contributed by atoms with Crippen LogP contribution in [0.5, 0.6) is 5.75 Å². The summed E-state index contributed by atoms with van der Waals surface area (Å²) in [6.07, 6.45) is 0. The van der Waals surface area contributed by atoms with Gasteiger partial charge in [0.15, 0.2) is 0 Å². The van der Waals surface area contributed by atoms with E-state index in [1.807, 2.05) is 31.1 Å². The first-order valence-corrected chi connectivity index (χ1v) is 4.22. The van der Waals surface area contributed by atoms with E-state index in [2.05, 4.69) is 18.2 Å². The molecule has 0 fully saturated rings. The Morgan fingerprint density at radius 2 is 1.64 bits per heavy atom. The van der Waals surface area contributed by atoms with Crippen LogP contribution >= 0.6 is 0 Å². The molecule has 2 nitrogen and oxygen atoms in total. The van der Waals surface area contributed by atoms with Gasteiger partial charge in [0.25, 0.3) is 0 Å². The van der Waals surface area contributed by atoms with E-state index in [0.717, 1.165) is 5.75 Å². The van der Waals surface area contributed by atoms with Gasteiger partial charge in [-0.25, -0.2) is 0 Å². The Labute approximate surface area is 83.1 Å². The van der Waals surface area contributed by atoms with Crippen LogP contribution in [0.4, 0.5) is 0 Å². The van der Waals surface area contributed by atoms with Crippen molar-refractivity contribution in [1.29, 1.82) is 0 Å². The number of carbonyl (C=O) groups excluding carboxylic acids is 1. The van der Waals surface area contributed by atoms with Gasteiger partial charge in [-0.15, -0.1) is 0 Å². The molecule has 0 aliphatic rings. The summed E-state index contributed by atoms with van der Waals surface area (Å²) in [5.41, 5.74) is 0. The Morgan fingerprint density at radius 3 is 2.29 bits per heavy atom. The molecule has 2 aromatic carbocycles. The van der Waals surface area contributed by atoms with Crippen molar-refractivity contribution in [1.82, 2.24) is 0 Å². The minimum absolute atomic E-state index is 0.911. The highest BCUT2D eigenvalue weighted by molar-refractivity contribution is 5.83. The molecule has 2 heteroatoms. The highest BCUT2D eigenvalue weighted by Crippen LogP contribution is 2.19. The summed E-state index contributed by atoms with van der Waals surface area (Å²) >= 11 is 0. The van der Waals surface area contributed by atoms with Crippen LogP contribution in [-0.4, -0.2) is 13.9 Å². The van der Waals surface area contributed by atoms with Gasteiger partial charge in [-0.1, -0.05) is 30.3 Å². The van der Waals surface area contributed by atoms with Crippen molar-refractivity contribution in [3.05, 3.63) is 42.5 Å². The predicted molar refractivity (Wildman–Crippen MR) is 57.6 cm³/mol. The van der Waals surface area contributed by atoms with Gasteiger partial charge in [-0.05, 0) is 22.9 Å². The molecule has 0 heterocycles. The number of benzene rings is 2. The van der Waals surface area contributed by atoms with Crippen molar-refractivity contribution in [2.24, 2.45) is 0 Å². The lowest BCUT2D eigenvalue weighted by Crippen LogP contribution is -1.81. The molecule has 0 amide bonds. The van der Waals surface area contributed by atoms with Crippen molar-refractivity contribution in [3.8, 4) is 5.75 Å². The monoisotopic (exact) mass is 188 g/mol. The minimum atomic E-state index is 0.911. The van der Waals surface area contributed by atoms with Crippen molar-refractivity contribution >= 4 is 17.6 Å². The largest absolute Gasteiger partial charge is 0.497 e.